The lowest BCUT2D eigenvalue weighted by Crippen LogP contribution is -2.52. The molecule has 5 nitrogen and oxygen atoms in total. The van der Waals surface area contributed by atoms with Crippen molar-refractivity contribution in [1.82, 2.24) is 15.1 Å². The summed E-state index contributed by atoms with van der Waals surface area (Å²) in [4.78, 5) is 15.8. The predicted octanol–water partition coefficient (Wildman–Crippen LogP) is 0.645. The Kier molecular flexibility index (Phi) is 5.31. The van der Waals surface area contributed by atoms with E-state index in [4.69, 9.17) is 5.11 Å². The van der Waals surface area contributed by atoms with Crippen LogP contribution in [0.15, 0.2) is 24.3 Å². The fourth-order valence-corrected chi connectivity index (χ4v) is 2.25. The molecule has 0 atom stereocenters. The molecule has 0 radical (unpaired) electrons. The summed E-state index contributed by atoms with van der Waals surface area (Å²) in [5.74, 6) is -0.297. The van der Waals surface area contributed by atoms with Crippen LogP contribution in [0.25, 0.3) is 0 Å². The molecule has 20 heavy (non-hydrogen) atoms. The number of hydrogen-bond acceptors (Lipinski definition) is 3. The van der Waals surface area contributed by atoms with Gasteiger partial charge >= 0.3 is 6.03 Å². The fourth-order valence-electron chi connectivity index (χ4n) is 2.25. The van der Waals surface area contributed by atoms with Crippen LogP contribution < -0.4 is 5.32 Å². The normalized spacial score (nSPS) is 16.2. The maximum atomic E-state index is 13.0. The molecule has 0 spiro atoms. The Morgan fingerprint density at radius 1 is 1.30 bits per heavy atom. The van der Waals surface area contributed by atoms with E-state index >= 15 is 0 Å². The highest BCUT2D eigenvalue weighted by molar-refractivity contribution is 5.74. The van der Waals surface area contributed by atoms with E-state index < -0.39 is 0 Å². The van der Waals surface area contributed by atoms with Gasteiger partial charge in [-0.3, -0.25) is 4.90 Å². The van der Waals surface area contributed by atoms with Gasteiger partial charge in [0.25, 0.3) is 0 Å². The van der Waals surface area contributed by atoms with Crippen molar-refractivity contribution < 1.29 is 14.3 Å². The van der Waals surface area contributed by atoms with E-state index in [1.54, 1.807) is 17.0 Å². The van der Waals surface area contributed by atoms with Crippen molar-refractivity contribution in [1.29, 1.82) is 0 Å². The summed E-state index contributed by atoms with van der Waals surface area (Å²) >= 11 is 0. The maximum absolute atomic E-state index is 13.0. The first-order valence-electron chi connectivity index (χ1n) is 6.79. The van der Waals surface area contributed by atoms with Crippen molar-refractivity contribution in [2.24, 2.45) is 0 Å². The zero-order valence-corrected chi connectivity index (χ0v) is 11.4. The quantitative estimate of drug-likeness (QED) is 0.852. The Bertz CT molecular complexity index is 448. The highest BCUT2D eigenvalue weighted by Gasteiger charge is 2.20. The van der Waals surface area contributed by atoms with Gasteiger partial charge in [-0.2, -0.15) is 0 Å². The van der Waals surface area contributed by atoms with Gasteiger partial charge in [-0.25, -0.2) is 9.18 Å². The zero-order valence-electron chi connectivity index (χ0n) is 11.4. The lowest BCUT2D eigenvalue weighted by Gasteiger charge is -2.34. The summed E-state index contributed by atoms with van der Waals surface area (Å²) in [7, 11) is 0. The minimum absolute atomic E-state index is 0.127. The van der Waals surface area contributed by atoms with Crippen molar-refractivity contribution >= 4 is 6.03 Å². The lowest BCUT2D eigenvalue weighted by atomic mass is 10.2. The number of carbonyl (C=O) groups excluding carboxylic acids is 1. The van der Waals surface area contributed by atoms with Crippen LogP contribution in [0.1, 0.15) is 5.56 Å². The highest BCUT2D eigenvalue weighted by Crippen LogP contribution is 2.05. The molecule has 0 unspecified atom stereocenters. The van der Waals surface area contributed by atoms with Gasteiger partial charge in [0.05, 0.1) is 6.61 Å². The molecule has 0 saturated carbocycles. The van der Waals surface area contributed by atoms with Gasteiger partial charge in [0.15, 0.2) is 0 Å². The first-order valence-corrected chi connectivity index (χ1v) is 6.79. The Morgan fingerprint density at radius 3 is 2.70 bits per heavy atom. The van der Waals surface area contributed by atoms with Gasteiger partial charge in [-0.1, -0.05) is 12.1 Å². The number of amides is 2. The van der Waals surface area contributed by atoms with E-state index in [1.807, 2.05) is 0 Å². The van der Waals surface area contributed by atoms with E-state index in [-0.39, 0.29) is 18.5 Å². The number of urea groups is 1. The summed E-state index contributed by atoms with van der Waals surface area (Å²) in [6.07, 6.45) is 0. The molecule has 1 aliphatic rings. The van der Waals surface area contributed by atoms with Crippen molar-refractivity contribution in [3.63, 3.8) is 0 Å². The van der Waals surface area contributed by atoms with Gasteiger partial charge < -0.3 is 15.3 Å². The molecule has 0 bridgehead atoms. The largest absolute Gasteiger partial charge is 0.395 e. The zero-order chi connectivity index (χ0) is 14.4. The van der Waals surface area contributed by atoms with Gasteiger partial charge in [0, 0.05) is 39.3 Å². The van der Waals surface area contributed by atoms with Gasteiger partial charge in [-0.05, 0) is 17.7 Å². The summed E-state index contributed by atoms with van der Waals surface area (Å²) in [6.45, 7) is 3.96. The number of piperazine rings is 1. The van der Waals surface area contributed by atoms with Crippen molar-refractivity contribution in [2.75, 3.05) is 39.3 Å². The molecule has 0 aromatic heterocycles. The third-order valence-electron chi connectivity index (χ3n) is 3.41. The van der Waals surface area contributed by atoms with E-state index in [2.05, 4.69) is 10.2 Å². The predicted molar refractivity (Wildman–Crippen MR) is 73.7 cm³/mol. The van der Waals surface area contributed by atoms with Crippen molar-refractivity contribution in [3.05, 3.63) is 35.6 Å². The minimum atomic E-state index is -0.297. The molecular weight excluding hydrogens is 261 g/mol. The molecule has 2 N–H and O–H groups in total. The maximum Gasteiger partial charge on any atom is 0.317 e. The number of aliphatic hydroxyl groups excluding tert-OH is 1. The smallest absolute Gasteiger partial charge is 0.317 e. The minimum Gasteiger partial charge on any atom is -0.395 e. The Morgan fingerprint density at radius 2 is 2.05 bits per heavy atom. The summed E-state index contributed by atoms with van der Waals surface area (Å²) in [6, 6.07) is 6.08. The SMILES string of the molecule is O=C(NCc1cccc(F)c1)N1CCN(CCO)CC1. The number of carbonyl (C=O) groups is 1. The van der Waals surface area contributed by atoms with Crippen LogP contribution in [0.4, 0.5) is 9.18 Å². The molecule has 1 aromatic carbocycles. The average Bonchev–Trinajstić information content (AvgIpc) is 2.46. The molecular formula is C14H20FN3O2. The number of benzene rings is 1. The van der Waals surface area contributed by atoms with Crippen LogP contribution in [0.2, 0.25) is 0 Å². The van der Waals surface area contributed by atoms with E-state index in [0.717, 1.165) is 18.7 Å². The van der Waals surface area contributed by atoms with Gasteiger partial charge in [0.2, 0.25) is 0 Å². The van der Waals surface area contributed by atoms with Crippen LogP contribution in [0.3, 0.4) is 0 Å². The molecule has 110 valence electrons. The molecule has 0 aliphatic carbocycles. The molecule has 2 amide bonds. The first-order chi connectivity index (χ1) is 9.69. The summed E-state index contributed by atoms with van der Waals surface area (Å²) in [5, 5.41) is 11.7. The van der Waals surface area contributed by atoms with Crippen LogP contribution >= 0.6 is 0 Å². The number of halogens is 1. The molecule has 1 aromatic rings. The third kappa shape index (κ3) is 4.18. The second-order valence-electron chi connectivity index (χ2n) is 4.84. The molecule has 2 rings (SSSR count). The van der Waals surface area contributed by atoms with Gasteiger partial charge in [0.1, 0.15) is 5.82 Å². The standard InChI is InChI=1S/C14H20FN3O2/c15-13-3-1-2-12(10-13)11-16-14(20)18-6-4-17(5-7-18)8-9-19/h1-3,10,19H,4-9,11H2,(H,16,20). The molecule has 1 fully saturated rings. The highest BCUT2D eigenvalue weighted by atomic mass is 19.1. The van der Waals surface area contributed by atoms with Crippen LogP contribution in [-0.2, 0) is 6.54 Å². The van der Waals surface area contributed by atoms with Crippen molar-refractivity contribution in [2.45, 2.75) is 6.54 Å². The van der Waals surface area contributed by atoms with Crippen LogP contribution in [0.5, 0.6) is 0 Å². The topological polar surface area (TPSA) is 55.8 Å². The van der Waals surface area contributed by atoms with E-state index in [1.165, 1.54) is 12.1 Å². The Balaban J connectivity index is 1.76. The number of rotatable bonds is 4. The Labute approximate surface area is 118 Å². The monoisotopic (exact) mass is 281 g/mol. The summed E-state index contributed by atoms with van der Waals surface area (Å²) in [5.41, 5.74) is 0.747. The number of β-amino-alcohol motifs (C(OH)–C–C–N with tert-alkyl or cyclic N) is 1. The number of aliphatic hydroxyl groups is 1. The van der Waals surface area contributed by atoms with Gasteiger partial charge in [-0.15, -0.1) is 0 Å². The lowest BCUT2D eigenvalue weighted by molar-refractivity contribution is 0.122. The van der Waals surface area contributed by atoms with E-state index in [0.29, 0.717) is 26.2 Å². The molecule has 6 heteroatoms. The third-order valence-corrected chi connectivity index (χ3v) is 3.41. The first kappa shape index (κ1) is 14.7. The van der Waals surface area contributed by atoms with Crippen LogP contribution in [0, 0.1) is 5.82 Å². The molecule has 1 aliphatic heterocycles. The number of nitrogens with one attached hydrogen (secondary N) is 1. The Hall–Kier alpha value is -1.66. The summed E-state index contributed by atoms with van der Waals surface area (Å²) < 4.78 is 13.0. The average molecular weight is 281 g/mol. The second kappa shape index (κ2) is 7.21. The van der Waals surface area contributed by atoms with Crippen molar-refractivity contribution in [3.8, 4) is 0 Å². The number of nitrogens with zero attached hydrogens (tertiary/aromatic N) is 2. The molecule has 1 heterocycles. The van der Waals surface area contributed by atoms with E-state index in [9.17, 15) is 9.18 Å². The molecule has 1 saturated heterocycles. The van der Waals surface area contributed by atoms with Crippen LogP contribution in [-0.4, -0.2) is 60.3 Å². The second-order valence-corrected chi connectivity index (χ2v) is 4.84. The number of hydrogen-bond donors (Lipinski definition) is 2. The fraction of sp³-hybridized carbons (Fsp3) is 0.500.